The first kappa shape index (κ1) is 30.2. The van der Waals surface area contributed by atoms with Gasteiger partial charge in [-0.2, -0.15) is 0 Å². The molecule has 4 aliphatic carbocycles. The minimum atomic E-state index is -3.56. The fraction of sp³-hybridized carbons (Fsp3) is 0.645. The van der Waals surface area contributed by atoms with Crippen LogP contribution in [-0.2, 0) is 9.84 Å². The van der Waals surface area contributed by atoms with Crippen molar-refractivity contribution in [2.24, 2.45) is 17.8 Å². The van der Waals surface area contributed by atoms with E-state index in [9.17, 15) is 18.3 Å². The highest BCUT2D eigenvalue weighted by Gasteiger charge is 2.55. The molecule has 4 saturated carbocycles. The Bertz CT molecular complexity index is 1460. The smallest absolute Gasteiger partial charge is 0.270 e. The van der Waals surface area contributed by atoms with Crippen LogP contribution in [0.5, 0.6) is 0 Å². The number of piperazine rings is 1. The molecule has 1 aromatic carbocycles. The second-order valence-electron chi connectivity index (χ2n) is 13.5. The average molecular weight is 615 g/mol. The fourth-order valence-electron chi connectivity index (χ4n) is 8.16. The lowest BCUT2D eigenvalue weighted by atomic mass is 9.52. The maximum Gasteiger partial charge on any atom is 0.270 e. The summed E-state index contributed by atoms with van der Waals surface area (Å²) in [5.74, 6) is 0.860. The fourth-order valence-corrected chi connectivity index (χ4v) is 9.46. The Morgan fingerprint density at radius 3 is 2.56 bits per heavy atom. The topological polar surface area (TPSA) is 119 Å². The van der Waals surface area contributed by atoms with E-state index in [2.05, 4.69) is 15.3 Å². The quantitative estimate of drug-likeness (QED) is 0.440. The molecular weight excluding hydrogens is 571 g/mol. The molecule has 4 bridgehead atoms. The number of amides is 1. The highest BCUT2D eigenvalue weighted by molar-refractivity contribution is 7.91. The number of carbonyl (C=O) groups excluding carboxylic acids is 1. The number of aliphatic hydroxyl groups is 1. The van der Waals surface area contributed by atoms with E-state index < -0.39 is 21.3 Å². The maximum atomic E-state index is 15.2. The second kappa shape index (κ2) is 11.6. The van der Waals surface area contributed by atoms with Crippen molar-refractivity contribution < 1.29 is 22.7 Å². The Labute approximate surface area is 253 Å². The van der Waals surface area contributed by atoms with Crippen molar-refractivity contribution in [2.45, 2.75) is 68.0 Å². The van der Waals surface area contributed by atoms with Crippen LogP contribution in [0.15, 0.2) is 35.4 Å². The summed E-state index contributed by atoms with van der Waals surface area (Å²) in [6.07, 6.45) is 6.64. The van der Waals surface area contributed by atoms with E-state index in [1.165, 1.54) is 6.07 Å². The number of nitrogens with one attached hydrogen (secondary N) is 1. The lowest BCUT2D eigenvalue weighted by Gasteiger charge is -2.58. The number of hydrogen-bond acceptors (Lipinski definition) is 9. The van der Waals surface area contributed by atoms with Gasteiger partial charge in [0, 0.05) is 37.9 Å². The van der Waals surface area contributed by atoms with Crippen molar-refractivity contribution >= 4 is 27.4 Å². The van der Waals surface area contributed by atoms with Gasteiger partial charge in [0.05, 0.1) is 21.9 Å². The van der Waals surface area contributed by atoms with Crippen LogP contribution in [-0.4, -0.2) is 98.0 Å². The Balaban J connectivity index is 1.09. The van der Waals surface area contributed by atoms with Crippen molar-refractivity contribution in [3.63, 3.8) is 0 Å². The molecule has 1 aromatic heterocycles. The van der Waals surface area contributed by atoms with E-state index in [1.807, 2.05) is 35.7 Å². The van der Waals surface area contributed by atoms with Gasteiger partial charge in [0.2, 0.25) is 5.95 Å². The summed E-state index contributed by atoms with van der Waals surface area (Å²) in [7, 11) is 0.210. The zero-order chi connectivity index (χ0) is 30.5. The number of benzene rings is 1. The summed E-state index contributed by atoms with van der Waals surface area (Å²) in [6.45, 7) is 4.14. The molecule has 5 fully saturated rings. The molecule has 234 valence electrons. The molecule has 2 unspecified atom stereocenters. The number of halogens is 1. The third kappa shape index (κ3) is 6.23. The van der Waals surface area contributed by atoms with Gasteiger partial charge in [-0.25, -0.2) is 22.8 Å². The van der Waals surface area contributed by atoms with E-state index in [0.29, 0.717) is 67.7 Å². The molecule has 1 amide bonds. The number of nitrogens with zero attached hydrogens (tertiary/aromatic N) is 5. The Hall–Kier alpha value is -2.83. The second-order valence-corrected chi connectivity index (χ2v) is 15.6. The molecule has 7 rings (SSSR count). The van der Waals surface area contributed by atoms with Crippen molar-refractivity contribution in [1.82, 2.24) is 20.2 Å². The first-order valence-corrected chi connectivity index (χ1v) is 17.1. The lowest BCUT2D eigenvalue weighted by Crippen LogP contribution is -2.61. The Morgan fingerprint density at radius 2 is 1.91 bits per heavy atom. The molecule has 10 nitrogen and oxygen atoms in total. The summed E-state index contributed by atoms with van der Waals surface area (Å²) in [5.41, 5.74) is 0.140. The number of hydrogen-bond donors (Lipinski definition) is 2. The van der Waals surface area contributed by atoms with Gasteiger partial charge in [0.15, 0.2) is 9.84 Å². The van der Waals surface area contributed by atoms with E-state index in [4.69, 9.17) is 0 Å². The van der Waals surface area contributed by atoms with E-state index in [0.717, 1.165) is 38.2 Å². The first-order chi connectivity index (χ1) is 20.4. The highest BCUT2D eigenvalue weighted by Crippen LogP contribution is 2.55. The molecule has 1 saturated heterocycles. The molecule has 3 atom stereocenters. The van der Waals surface area contributed by atoms with Crippen LogP contribution in [0.1, 0.15) is 55.9 Å². The predicted molar refractivity (Wildman–Crippen MR) is 162 cm³/mol. The lowest BCUT2D eigenvalue weighted by molar-refractivity contribution is -0.136. The molecule has 2 heterocycles. The summed E-state index contributed by atoms with van der Waals surface area (Å²) < 4.78 is 40.6. The zero-order valence-electron chi connectivity index (χ0n) is 25.2. The third-order valence-corrected chi connectivity index (χ3v) is 11.7. The van der Waals surface area contributed by atoms with Crippen LogP contribution in [0, 0.1) is 23.6 Å². The third-order valence-electron chi connectivity index (χ3n) is 9.94. The number of rotatable bonds is 9. The van der Waals surface area contributed by atoms with E-state index in [1.54, 1.807) is 18.3 Å². The number of anilines is 2. The van der Waals surface area contributed by atoms with Crippen LogP contribution in [0.2, 0.25) is 0 Å². The van der Waals surface area contributed by atoms with Gasteiger partial charge in [0.1, 0.15) is 11.5 Å². The zero-order valence-corrected chi connectivity index (χ0v) is 26.1. The van der Waals surface area contributed by atoms with Gasteiger partial charge < -0.3 is 25.1 Å². The van der Waals surface area contributed by atoms with Crippen LogP contribution in [0.4, 0.5) is 16.0 Å². The molecular formula is C31H43FN6O4S. The average Bonchev–Trinajstić information content (AvgIpc) is 2.93. The van der Waals surface area contributed by atoms with Gasteiger partial charge in [-0.15, -0.1) is 0 Å². The summed E-state index contributed by atoms with van der Waals surface area (Å²) >= 11 is 0. The van der Waals surface area contributed by atoms with Gasteiger partial charge in [0.25, 0.3) is 5.91 Å². The van der Waals surface area contributed by atoms with Gasteiger partial charge in [-0.3, -0.25) is 4.79 Å². The number of carbonyl (C=O) groups is 1. The largest absolute Gasteiger partial charge is 0.390 e. The molecule has 2 aromatic rings. The van der Waals surface area contributed by atoms with Crippen molar-refractivity contribution in [3.8, 4) is 0 Å². The molecule has 5 aliphatic rings. The van der Waals surface area contributed by atoms with Crippen LogP contribution >= 0.6 is 0 Å². The molecule has 1 aliphatic heterocycles. The molecule has 12 heteroatoms. The highest BCUT2D eigenvalue weighted by atomic mass is 32.2. The van der Waals surface area contributed by atoms with Crippen LogP contribution < -0.4 is 15.1 Å². The SMILES string of the molecule is C[C@@H]1CN(c2ccc(S(=O)(=O)CCCN(C)C)cc2F)CCN1c1nccc(C(=O)N[C@H]2C3CC4CC2C[C@](O)(C4)C3)n1. The monoisotopic (exact) mass is 614 g/mol. The summed E-state index contributed by atoms with van der Waals surface area (Å²) in [5, 5.41) is 14.1. The summed E-state index contributed by atoms with van der Waals surface area (Å²) in [6, 6.07) is 5.81. The maximum absolute atomic E-state index is 15.2. The first-order valence-electron chi connectivity index (χ1n) is 15.5. The van der Waals surface area contributed by atoms with Crippen LogP contribution in [0.3, 0.4) is 0 Å². The standard InChI is InChI=1S/C31H43FN6O4S/c1-20-19-37(27-6-5-24(15-25(27)32)43(41,42)12-4-9-36(2)3)10-11-38(20)30-33-8-7-26(34-30)29(39)35-28-22-13-21-14-23(28)18-31(40,16-21)17-22/h5-8,15,20-23,28,40H,4,9-14,16-19H2,1-3H3,(H,35,39)/t20-,21?,22?,23?,28-,31-/m1/s1. The molecule has 0 radical (unpaired) electrons. The number of aromatic nitrogens is 2. The van der Waals surface area contributed by atoms with Gasteiger partial charge in [-0.1, -0.05) is 0 Å². The minimum Gasteiger partial charge on any atom is -0.390 e. The Kier molecular flexibility index (Phi) is 8.14. The number of sulfone groups is 1. The normalized spacial score (nSPS) is 30.2. The van der Waals surface area contributed by atoms with Crippen molar-refractivity contribution in [3.05, 3.63) is 42.0 Å². The van der Waals surface area contributed by atoms with Crippen molar-refractivity contribution in [2.75, 3.05) is 55.8 Å². The van der Waals surface area contributed by atoms with E-state index >= 15 is 4.39 Å². The predicted octanol–water partition coefficient (Wildman–Crippen LogP) is 2.73. The molecule has 0 spiro atoms. The van der Waals surface area contributed by atoms with E-state index in [-0.39, 0.29) is 28.6 Å². The minimum absolute atomic E-state index is 0.00667. The van der Waals surface area contributed by atoms with Gasteiger partial charge in [-0.05, 0) is 108 Å². The van der Waals surface area contributed by atoms with Gasteiger partial charge >= 0.3 is 0 Å². The van der Waals surface area contributed by atoms with Crippen LogP contribution in [0.25, 0.3) is 0 Å². The molecule has 2 N–H and O–H groups in total. The summed E-state index contributed by atoms with van der Waals surface area (Å²) in [4.78, 5) is 28.3. The molecule has 43 heavy (non-hydrogen) atoms. The Morgan fingerprint density at radius 1 is 1.16 bits per heavy atom. The van der Waals surface area contributed by atoms with Crippen molar-refractivity contribution in [1.29, 1.82) is 0 Å².